The van der Waals surface area contributed by atoms with Crippen LogP contribution in [0.4, 0.5) is 5.69 Å². The molecule has 9 heteroatoms. The molecule has 5 rings (SSSR count). The van der Waals surface area contributed by atoms with Crippen LogP contribution in [0.1, 0.15) is 65.2 Å². The van der Waals surface area contributed by atoms with Gasteiger partial charge in [0.1, 0.15) is 11.6 Å². The van der Waals surface area contributed by atoms with E-state index >= 15 is 0 Å². The largest absolute Gasteiger partial charge is 0.359 e. The van der Waals surface area contributed by atoms with Crippen LogP contribution in [0.2, 0.25) is 0 Å². The summed E-state index contributed by atoms with van der Waals surface area (Å²) in [5.41, 5.74) is -0.417. The Labute approximate surface area is 249 Å². The van der Waals surface area contributed by atoms with Crippen LogP contribution in [0, 0.1) is 11.8 Å². The van der Waals surface area contributed by atoms with Gasteiger partial charge in [0.05, 0.1) is 17.9 Å². The number of amides is 3. The van der Waals surface area contributed by atoms with Gasteiger partial charge in [-0.1, -0.05) is 51.3 Å². The monoisotopic (exact) mass is 582 g/mol. The number of thioether (sulfide) groups is 1. The van der Waals surface area contributed by atoms with Crippen LogP contribution in [-0.2, 0) is 19.1 Å². The molecule has 41 heavy (non-hydrogen) atoms. The minimum atomic E-state index is -1.11. The second-order valence-corrected chi connectivity index (χ2v) is 12.9. The second kappa shape index (κ2) is 13.3. The predicted molar refractivity (Wildman–Crippen MR) is 163 cm³/mol. The summed E-state index contributed by atoms with van der Waals surface area (Å²) in [6.45, 7) is 7.74. The number of hydrogen-bond donors (Lipinski definition) is 2. The molecule has 0 unspecified atom stereocenters. The number of carbonyl (C=O) groups is 3. The summed E-state index contributed by atoms with van der Waals surface area (Å²) in [5, 5.41) is 6.32. The molecule has 8 nitrogen and oxygen atoms in total. The molecular formula is C32H46N4O4S. The summed E-state index contributed by atoms with van der Waals surface area (Å²) in [6, 6.07) is 7.05. The number of likely N-dealkylation sites (tertiary alicyclic amines) is 1. The second-order valence-electron chi connectivity index (χ2n) is 12.0. The minimum absolute atomic E-state index is 0.124. The molecule has 3 aliphatic heterocycles. The Morgan fingerprint density at radius 2 is 1.85 bits per heavy atom. The molecule has 4 aliphatic rings. The minimum Gasteiger partial charge on any atom is -0.359 e. The molecular weight excluding hydrogens is 536 g/mol. The molecule has 1 aromatic rings. The molecule has 1 spiro atoms. The van der Waals surface area contributed by atoms with E-state index in [9.17, 15) is 14.4 Å². The molecule has 3 fully saturated rings. The van der Waals surface area contributed by atoms with Crippen LogP contribution in [-0.4, -0.2) is 83.7 Å². The van der Waals surface area contributed by atoms with E-state index in [1.54, 1.807) is 16.7 Å². The summed E-state index contributed by atoms with van der Waals surface area (Å²) < 4.78 is 6.52. The highest BCUT2D eigenvalue weighted by Crippen LogP contribution is 2.55. The van der Waals surface area contributed by atoms with Gasteiger partial charge in [-0.2, -0.15) is 0 Å². The van der Waals surface area contributed by atoms with Crippen LogP contribution in [0.15, 0.2) is 41.3 Å². The van der Waals surface area contributed by atoms with Crippen LogP contribution < -0.4 is 10.6 Å². The third-order valence-electron chi connectivity index (χ3n) is 9.17. The van der Waals surface area contributed by atoms with Gasteiger partial charge >= 0.3 is 0 Å². The molecule has 1 saturated carbocycles. The topological polar surface area (TPSA) is 91.0 Å². The molecule has 0 radical (unpaired) electrons. The third kappa shape index (κ3) is 6.09. The maximum absolute atomic E-state index is 14.2. The number of anilines is 1. The van der Waals surface area contributed by atoms with Crippen molar-refractivity contribution in [3.05, 3.63) is 36.4 Å². The fraction of sp³-hybridized carbons (Fsp3) is 0.656. The summed E-state index contributed by atoms with van der Waals surface area (Å²) in [7, 11) is 0. The van der Waals surface area contributed by atoms with Crippen molar-refractivity contribution in [2.24, 2.45) is 11.8 Å². The zero-order valence-corrected chi connectivity index (χ0v) is 25.6. The molecule has 1 aliphatic carbocycles. The summed E-state index contributed by atoms with van der Waals surface area (Å²) >= 11 is 1.61. The first-order valence-corrected chi connectivity index (χ1v) is 16.8. The number of nitrogens with zero attached hydrogens (tertiary/aromatic N) is 2. The molecule has 2 bridgehead atoms. The van der Waals surface area contributed by atoms with E-state index < -0.39 is 29.6 Å². The van der Waals surface area contributed by atoms with Crippen molar-refractivity contribution in [3.63, 3.8) is 0 Å². The van der Waals surface area contributed by atoms with Gasteiger partial charge in [0.15, 0.2) is 0 Å². The lowest BCUT2D eigenvalue weighted by molar-refractivity contribution is -0.141. The van der Waals surface area contributed by atoms with Gasteiger partial charge in [-0.3, -0.25) is 14.4 Å². The van der Waals surface area contributed by atoms with E-state index in [4.69, 9.17) is 4.74 Å². The van der Waals surface area contributed by atoms with Crippen molar-refractivity contribution in [2.75, 3.05) is 37.8 Å². The number of carbonyl (C=O) groups excluding carboxylic acids is 3. The maximum atomic E-state index is 14.2. The molecule has 0 aromatic heterocycles. The van der Waals surface area contributed by atoms with Crippen LogP contribution >= 0.6 is 11.8 Å². The molecule has 2 N–H and O–H groups in total. The molecule has 2 saturated heterocycles. The van der Waals surface area contributed by atoms with Crippen LogP contribution in [0.25, 0.3) is 0 Å². The Balaban J connectivity index is 1.38. The quantitative estimate of drug-likeness (QED) is 0.264. The Hall–Kier alpha value is -2.36. The van der Waals surface area contributed by atoms with E-state index in [0.29, 0.717) is 12.2 Å². The van der Waals surface area contributed by atoms with Gasteiger partial charge in [0, 0.05) is 23.2 Å². The van der Waals surface area contributed by atoms with Gasteiger partial charge in [-0.05, 0) is 76.2 Å². The smallest absolute Gasteiger partial charge is 0.246 e. The van der Waals surface area contributed by atoms with Crippen molar-refractivity contribution in [1.29, 1.82) is 0 Å². The zero-order valence-electron chi connectivity index (χ0n) is 24.8. The highest BCUT2D eigenvalue weighted by Gasteiger charge is 2.72. The first kappa shape index (κ1) is 30.1. The fourth-order valence-corrected chi connectivity index (χ4v) is 7.85. The Bertz CT molecular complexity index is 1130. The van der Waals surface area contributed by atoms with E-state index in [1.807, 2.05) is 42.7 Å². The lowest BCUT2D eigenvalue weighted by atomic mass is 9.74. The molecule has 1 aromatic carbocycles. The van der Waals surface area contributed by atoms with E-state index in [-0.39, 0.29) is 23.8 Å². The highest BCUT2D eigenvalue weighted by atomic mass is 32.2. The number of rotatable bonds is 13. The lowest BCUT2D eigenvalue weighted by Crippen LogP contribution is -2.56. The third-order valence-corrected chi connectivity index (χ3v) is 9.89. The SMILES string of the molecule is CCCN(CCC)CCCN1C(=O)[C@@H]2[C@@H](C(=O)Nc3cccc(SC)c3)[C@@H]3C=C[C@@]2(O3)[C@@H]1C(=O)NC1CCCCC1. The van der Waals surface area contributed by atoms with Gasteiger partial charge in [-0.15, -0.1) is 11.8 Å². The van der Waals surface area contributed by atoms with Gasteiger partial charge in [0.2, 0.25) is 17.7 Å². The number of hydrogen-bond acceptors (Lipinski definition) is 6. The van der Waals surface area contributed by atoms with Gasteiger partial charge < -0.3 is 25.2 Å². The van der Waals surface area contributed by atoms with Crippen molar-refractivity contribution < 1.29 is 19.1 Å². The van der Waals surface area contributed by atoms with E-state index in [1.165, 1.54) is 6.42 Å². The fourth-order valence-electron chi connectivity index (χ4n) is 7.39. The Morgan fingerprint density at radius 3 is 2.56 bits per heavy atom. The predicted octanol–water partition coefficient (Wildman–Crippen LogP) is 4.46. The first-order valence-electron chi connectivity index (χ1n) is 15.6. The average molecular weight is 583 g/mol. The highest BCUT2D eigenvalue weighted by molar-refractivity contribution is 7.98. The molecule has 3 amide bonds. The summed E-state index contributed by atoms with van der Waals surface area (Å²) in [4.78, 5) is 47.1. The Morgan fingerprint density at radius 1 is 1.10 bits per heavy atom. The van der Waals surface area contributed by atoms with Crippen molar-refractivity contribution >= 4 is 35.2 Å². The maximum Gasteiger partial charge on any atom is 0.246 e. The van der Waals surface area contributed by atoms with Crippen molar-refractivity contribution in [2.45, 2.75) is 93.9 Å². The van der Waals surface area contributed by atoms with Gasteiger partial charge in [0.25, 0.3) is 0 Å². The van der Waals surface area contributed by atoms with E-state index in [2.05, 4.69) is 29.4 Å². The van der Waals surface area contributed by atoms with Crippen LogP contribution in [0.3, 0.4) is 0 Å². The lowest BCUT2D eigenvalue weighted by Gasteiger charge is -2.34. The molecule has 3 heterocycles. The van der Waals surface area contributed by atoms with E-state index in [0.717, 1.165) is 69.5 Å². The molecule has 224 valence electrons. The summed E-state index contributed by atoms with van der Waals surface area (Å²) in [6.07, 6.45) is 13.5. The average Bonchev–Trinajstić information content (AvgIpc) is 3.61. The van der Waals surface area contributed by atoms with Crippen LogP contribution in [0.5, 0.6) is 0 Å². The van der Waals surface area contributed by atoms with Gasteiger partial charge in [-0.25, -0.2) is 0 Å². The van der Waals surface area contributed by atoms with Crippen molar-refractivity contribution in [1.82, 2.24) is 15.1 Å². The zero-order chi connectivity index (χ0) is 29.0. The summed E-state index contributed by atoms with van der Waals surface area (Å²) in [5.74, 6) is -1.92. The number of benzene rings is 1. The number of nitrogens with one attached hydrogen (secondary N) is 2. The number of fused-ring (bicyclic) bond motifs is 1. The standard InChI is InChI=1S/C32H46N4O4S/c1-4-17-35(18-5-2)19-10-20-36-28(30(38)33-22-11-7-6-8-12-22)32-16-15-25(40-32)26(27(32)31(36)39)29(37)34-23-13-9-14-24(21-23)41-3/h9,13-16,21-22,25-28H,4-8,10-12,17-20H2,1-3H3,(H,33,38)(H,34,37)/t25-,26-,27-,28-,32-/m0/s1. The normalized spacial score (nSPS) is 28.9. The number of ether oxygens (including phenoxy) is 1. The van der Waals surface area contributed by atoms with Crippen molar-refractivity contribution in [3.8, 4) is 0 Å². The Kier molecular flexibility index (Phi) is 9.77. The molecule has 5 atom stereocenters. The first-order chi connectivity index (χ1) is 19.9.